The standard InChI is InChI=1S/C16H18FN5O2/c1-10(11-3-5-12(17)6-4-11)21(2)16-18-9-14(22(23)24)15(20-16)19-13-7-8-13/h3-6,9-10,13H,7-8H2,1-2H3,(H,18,19,20)/t10-/m0/s1. The van der Waals surface area contributed by atoms with Gasteiger partial charge in [-0.25, -0.2) is 9.37 Å². The van der Waals surface area contributed by atoms with Gasteiger partial charge in [-0.15, -0.1) is 0 Å². The lowest BCUT2D eigenvalue weighted by Gasteiger charge is -2.25. The van der Waals surface area contributed by atoms with Crippen LogP contribution in [0, 0.1) is 15.9 Å². The smallest absolute Gasteiger partial charge is 0.329 e. The first kappa shape index (κ1) is 16.1. The van der Waals surface area contributed by atoms with Crippen LogP contribution in [-0.2, 0) is 0 Å². The lowest BCUT2D eigenvalue weighted by molar-refractivity contribution is -0.384. The molecule has 0 saturated heterocycles. The highest BCUT2D eigenvalue weighted by Gasteiger charge is 2.27. The fraction of sp³-hybridized carbons (Fsp3) is 0.375. The van der Waals surface area contributed by atoms with Gasteiger partial charge in [-0.1, -0.05) is 12.1 Å². The summed E-state index contributed by atoms with van der Waals surface area (Å²) in [7, 11) is 1.80. The van der Waals surface area contributed by atoms with Gasteiger partial charge in [-0.3, -0.25) is 10.1 Å². The van der Waals surface area contributed by atoms with Crippen LogP contribution in [0.1, 0.15) is 31.4 Å². The van der Waals surface area contributed by atoms with Crippen molar-refractivity contribution < 1.29 is 9.31 Å². The number of benzene rings is 1. The molecular weight excluding hydrogens is 313 g/mol. The van der Waals surface area contributed by atoms with Gasteiger partial charge in [-0.2, -0.15) is 4.98 Å². The molecular formula is C16H18FN5O2. The van der Waals surface area contributed by atoms with Gasteiger partial charge in [0.25, 0.3) is 0 Å². The van der Waals surface area contributed by atoms with E-state index in [0.717, 1.165) is 18.4 Å². The molecule has 0 amide bonds. The molecule has 126 valence electrons. The van der Waals surface area contributed by atoms with E-state index in [1.165, 1.54) is 18.3 Å². The third-order valence-corrected chi connectivity index (χ3v) is 4.12. The Kier molecular flexibility index (Phi) is 4.28. The second-order valence-electron chi connectivity index (χ2n) is 5.92. The van der Waals surface area contributed by atoms with Crippen molar-refractivity contribution in [3.05, 3.63) is 52.0 Å². The zero-order chi connectivity index (χ0) is 17.3. The van der Waals surface area contributed by atoms with E-state index in [4.69, 9.17) is 0 Å². The highest BCUT2D eigenvalue weighted by atomic mass is 19.1. The molecule has 1 saturated carbocycles. The lowest BCUT2D eigenvalue weighted by atomic mass is 10.1. The summed E-state index contributed by atoms with van der Waals surface area (Å²) in [6.45, 7) is 1.94. The first-order chi connectivity index (χ1) is 11.5. The van der Waals surface area contributed by atoms with Crippen LogP contribution in [0.5, 0.6) is 0 Å². The van der Waals surface area contributed by atoms with Gasteiger partial charge in [-0.05, 0) is 37.5 Å². The zero-order valence-electron chi connectivity index (χ0n) is 13.4. The van der Waals surface area contributed by atoms with Crippen LogP contribution in [0.3, 0.4) is 0 Å². The Hall–Kier alpha value is -2.77. The van der Waals surface area contributed by atoms with Crippen LogP contribution in [0.25, 0.3) is 0 Å². The summed E-state index contributed by atoms with van der Waals surface area (Å²) in [6.07, 6.45) is 3.19. The number of nitrogens with one attached hydrogen (secondary N) is 1. The van der Waals surface area contributed by atoms with Gasteiger partial charge in [0.05, 0.1) is 11.0 Å². The number of hydrogen-bond donors (Lipinski definition) is 1. The van der Waals surface area contributed by atoms with Crippen LogP contribution in [-0.4, -0.2) is 28.0 Å². The molecule has 0 radical (unpaired) electrons. The SMILES string of the molecule is C[C@@H](c1ccc(F)cc1)N(C)c1ncc([N+](=O)[O-])c(NC2CC2)n1. The molecule has 0 unspecified atom stereocenters. The first-order valence-electron chi connectivity index (χ1n) is 7.72. The van der Waals surface area contributed by atoms with Crippen molar-refractivity contribution in [1.82, 2.24) is 9.97 Å². The van der Waals surface area contributed by atoms with Gasteiger partial charge in [0.15, 0.2) is 0 Å². The second kappa shape index (κ2) is 6.38. The summed E-state index contributed by atoms with van der Waals surface area (Å²) in [4.78, 5) is 20.9. The van der Waals surface area contributed by atoms with Crippen LogP contribution in [0.2, 0.25) is 0 Å². The minimum atomic E-state index is -0.488. The molecule has 1 aliphatic carbocycles. The van der Waals surface area contributed by atoms with Crippen molar-refractivity contribution in [1.29, 1.82) is 0 Å². The van der Waals surface area contributed by atoms with Crippen molar-refractivity contribution in [3.63, 3.8) is 0 Å². The molecule has 1 aromatic heterocycles. The summed E-state index contributed by atoms with van der Waals surface area (Å²) in [5.74, 6) is 0.322. The molecule has 0 spiro atoms. The maximum absolute atomic E-state index is 13.1. The van der Waals surface area contributed by atoms with Gasteiger partial charge in [0.2, 0.25) is 11.8 Å². The van der Waals surface area contributed by atoms with E-state index in [-0.39, 0.29) is 29.4 Å². The van der Waals surface area contributed by atoms with E-state index in [9.17, 15) is 14.5 Å². The van der Waals surface area contributed by atoms with Gasteiger partial charge >= 0.3 is 5.69 Å². The van der Waals surface area contributed by atoms with Crippen molar-refractivity contribution in [2.24, 2.45) is 0 Å². The third-order valence-electron chi connectivity index (χ3n) is 4.12. The number of aromatic nitrogens is 2. The number of hydrogen-bond acceptors (Lipinski definition) is 6. The van der Waals surface area contributed by atoms with Crippen molar-refractivity contribution in [3.8, 4) is 0 Å². The third kappa shape index (κ3) is 3.42. The minimum Gasteiger partial charge on any atom is -0.361 e. The molecule has 2 aromatic rings. The topological polar surface area (TPSA) is 84.2 Å². The summed E-state index contributed by atoms with van der Waals surface area (Å²) in [6, 6.07) is 6.33. The van der Waals surface area contributed by atoms with E-state index in [2.05, 4.69) is 15.3 Å². The monoisotopic (exact) mass is 331 g/mol. The molecule has 7 nitrogen and oxygen atoms in total. The van der Waals surface area contributed by atoms with Gasteiger partial charge in [0.1, 0.15) is 12.0 Å². The Labute approximate surface area is 138 Å². The van der Waals surface area contributed by atoms with Crippen LogP contribution < -0.4 is 10.2 Å². The average Bonchev–Trinajstić information content (AvgIpc) is 3.38. The first-order valence-corrected chi connectivity index (χ1v) is 7.72. The van der Waals surface area contributed by atoms with Crippen molar-refractivity contribution in [2.75, 3.05) is 17.3 Å². The largest absolute Gasteiger partial charge is 0.361 e. The van der Waals surface area contributed by atoms with Crippen LogP contribution in [0.15, 0.2) is 30.5 Å². The number of nitro groups is 1. The van der Waals surface area contributed by atoms with Crippen molar-refractivity contribution >= 4 is 17.5 Å². The number of halogens is 1. The fourth-order valence-electron chi connectivity index (χ4n) is 2.34. The minimum absolute atomic E-state index is 0.110. The Morgan fingerprint density at radius 1 is 1.38 bits per heavy atom. The number of nitrogens with zero attached hydrogens (tertiary/aromatic N) is 4. The normalized spacial score (nSPS) is 15.0. The molecule has 1 heterocycles. The highest BCUT2D eigenvalue weighted by molar-refractivity contribution is 5.58. The van der Waals surface area contributed by atoms with Crippen molar-refractivity contribution in [2.45, 2.75) is 31.8 Å². The van der Waals surface area contributed by atoms with E-state index < -0.39 is 4.92 Å². The molecule has 3 rings (SSSR count). The molecule has 1 N–H and O–H groups in total. The fourth-order valence-corrected chi connectivity index (χ4v) is 2.34. The van der Waals surface area contributed by atoms with E-state index in [0.29, 0.717) is 5.95 Å². The molecule has 1 fully saturated rings. The maximum Gasteiger partial charge on any atom is 0.329 e. The molecule has 24 heavy (non-hydrogen) atoms. The van der Waals surface area contributed by atoms with Crippen LogP contribution in [0.4, 0.5) is 21.8 Å². The Morgan fingerprint density at radius 3 is 2.62 bits per heavy atom. The number of anilines is 2. The lowest BCUT2D eigenvalue weighted by Crippen LogP contribution is -2.24. The molecule has 1 aromatic carbocycles. The van der Waals surface area contributed by atoms with E-state index in [1.54, 1.807) is 24.1 Å². The number of rotatable bonds is 6. The van der Waals surface area contributed by atoms with E-state index in [1.807, 2.05) is 6.92 Å². The quantitative estimate of drug-likeness (QED) is 0.646. The second-order valence-corrected chi connectivity index (χ2v) is 5.92. The molecule has 1 atom stereocenters. The molecule has 1 aliphatic rings. The van der Waals surface area contributed by atoms with E-state index >= 15 is 0 Å². The Morgan fingerprint density at radius 2 is 2.04 bits per heavy atom. The van der Waals surface area contributed by atoms with Gasteiger partial charge in [0, 0.05) is 13.1 Å². The molecule has 8 heteroatoms. The average molecular weight is 331 g/mol. The Bertz CT molecular complexity index is 749. The summed E-state index contributed by atoms with van der Waals surface area (Å²) in [5, 5.41) is 14.2. The maximum atomic E-state index is 13.1. The predicted octanol–water partition coefficient (Wildman–Crippen LogP) is 3.30. The zero-order valence-corrected chi connectivity index (χ0v) is 13.4. The van der Waals surface area contributed by atoms with Gasteiger partial charge < -0.3 is 10.2 Å². The van der Waals surface area contributed by atoms with Crippen LogP contribution >= 0.6 is 0 Å². The molecule has 0 bridgehead atoms. The summed E-state index contributed by atoms with van der Waals surface area (Å²) < 4.78 is 13.1. The predicted molar refractivity (Wildman–Crippen MR) is 88.5 cm³/mol. The summed E-state index contributed by atoms with van der Waals surface area (Å²) >= 11 is 0. The Balaban J connectivity index is 1.86. The highest BCUT2D eigenvalue weighted by Crippen LogP contribution is 2.31. The molecule has 0 aliphatic heterocycles. The summed E-state index contributed by atoms with van der Waals surface area (Å²) in [5.41, 5.74) is 0.769.